The highest BCUT2D eigenvalue weighted by atomic mass is 16.5. The molecule has 2 N–H and O–H groups in total. The first-order valence-electron chi connectivity index (χ1n) is 7.36. The van der Waals surface area contributed by atoms with Crippen LogP contribution < -0.4 is 4.74 Å². The van der Waals surface area contributed by atoms with Crippen molar-refractivity contribution in [1.82, 2.24) is 9.80 Å². The molecule has 0 aromatic heterocycles. The number of likely N-dealkylation sites (N-methyl/N-ethyl adjacent to an activating group) is 1. The van der Waals surface area contributed by atoms with E-state index in [0.29, 0.717) is 5.56 Å². The molecule has 1 aliphatic rings. The lowest BCUT2D eigenvalue weighted by Crippen LogP contribution is -2.48. The van der Waals surface area contributed by atoms with E-state index in [-0.39, 0.29) is 11.9 Å². The van der Waals surface area contributed by atoms with Crippen molar-refractivity contribution >= 4 is 11.9 Å². The number of benzene rings is 1. The second kappa shape index (κ2) is 6.79. The Kier molecular flexibility index (Phi) is 5.03. The summed E-state index contributed by atoms with van der Waals surface area (Å²) in [6.07, 6.45) is 0. The van der Waals surface area contributed by atoms with Gasteiger partial charge in [0.1, 0.15) is 5.75 Å². The van der Waals surface area contributed by atoms with Gasteiger partial charge in [0, 0.05) is 31.7 Å². The van der Waals surface area contributed by atoms with Gasteiger partial charge in [-0.1, -0.05) is 6.07 Å². The number of nitrogens with one attached hydrogen (secondary N) is 2. The van der Waals surface area contributed by atoms with E-state index in [2.05, 4.69) is 11.9 Å². The number of rotatable bonds is 2. The Balaban J connectivity index is 2.07. The molecule has 0 spiro atoms. The highest BCUT2D eigenvalue weighted by Crippen LogP contribution is 2.23. The van der Waals surface area contributed by atoms with Crippen molar-refractivity contribution in [2.75, 3.05) is 40.3 Å². The third-order valence-corrected chi connectivity index (χ3v) is 3.98. The van der Waals surface area contributed by atoms with Crippen LogP contribution in [-0.2, 0) is 4.74 Å². The van der Waals surface area contributed by atoms with Crippen LogP contribution >= 0.6 is 0 Å². The fraction of sp³-hybridized carbons (Fsp3) is 0.500. The number of nitrogens with zero attached hydrogens (tertiary/aromatic N) is 2. The minimum Gasteiger partial charge on any atom is -0.496 e. The Labute approximate surface area is 131 Å². The molecule has 0 atom stereocenters. The molecule has 0 amide bonds. The zero-order valence-electron chi connectivity index (χ0n) is 13.7. The third-order valence-electron chi connectivity index (χ3n) is 3.98. The second-order valence-corrected chi connectivity index (χ2v) is 5.66. The fourth-order valence-corrected chi connectivity index (χ4v) is 2.52. The Hall–Kier alpha value is -2.08. The molecule has 0 bridgehead atoms. The first-order chi connectivity index (χ1) is 10.4. The number of piperazine rings is 1. The summed E-state index contributed by atoms with van der Waals surface area (Å²) in [5, 5.41) is 16.2. The van der Waals surface area contributed by atoms with Gasteiger partial charge in [-0.15, -0.1) is 0 Å². The third kappa shape index (κ3) is 3.57. The molecule has 0 unspecified atom stereocenters. The van der Waals surface area contributed by atoms with Crippen LogP contribution in [0.2, 0.25) is 0 Å². The van der Waals surface area contributed by atoms with E-state index in [9.17, 15) is 0 Å². The van der Waals surface area contributed by atoms with Gasteiger partial charge in [-0.3, -0.25) is 10.8 Å². The Morgan fingerprint density at radius 3 is 2.27 bits per heavy atom. The van der Waals surface area contributed by atoms with Crippen molar-refractivity contribution in [2.45, 2.75) is 13.8 Å². The van der Waals surface area contributed by atoms with Gasteiger partial charge in [-0.2, -0.15) is 0 Å². The molecule has 1 aromatic rings. The van der Waals surface area contributed by atoms with Crippen molar-refractivity contribution in [3.63, 3.8) is 0 Å². The summed E-state index contributed by atoms with van der Waals surface area (Å²) in [6.45, 7) is 7.19. The standard InChI is InChI=1S/C16H24N4O2/c1-11-9-12(2)14(21-4)10-13(11)15(17)22-16(18)20-7-5-19(3)6-8-20/h9-10,17-18H,5-8H2,1-4H3. The van der Waals surface area contributed by atoms with Gasteiger partial charge in [0.15, 0.2) is 0 Å². The summed E-state index contributed by atoms with van der Waals surface area (Å²) < 4.78 is 10.8. The maximum Gasteiger partial charge on any atom is 0.291 e. The van der Waals surface area contributed by atoms with Gasteiger partial charge in [-0.25, -0.2) is 0 Å². The van der Waals surface area contributed by atoms with E-state index in [1.807, 2.05) is 24.8 Å². The topological polar surface area (TPSA) is 72.6 Å². The minimum absolute atomic E-state index is 0.0141. The summed E-state index contributed by atoms with van der Waals surface area (Å²) in [5.74, 6) is 0.708. The van der Waals surface area contributed by atoms with Crippen molar-refractivity contribution in [2.24, 2.45) is 0 Å². The number of hydrogen-bond donors (Lipinski definition) is 2. The van der Waals surface area contributed by atoms with Crippen molar-refractivity contribution in [1.29, 1.82) is 10.8 Å². The van der Waals surface area contributed by atoms with Gasteiger partial charge >= 0.3 is 0 Å². The van der Waals surface area contributed by atoms with Crippen LogP contribution in [0.25, 0.3) is 0 Å². The summed E-state index contributed by atoms with van der Waals surface area (Å²) in [5.41, 5.74) is 2.61. The fourth-order valence-electron chi connectivity index (χ4n) is 2.52. The van der Waals surface area contributed by atoms with Crippen molar-refractivity contribution in [3.05, 3.63) is 28.8 Å². The maximum atomic E-state index is 8.15. The summed E-state index contributed by atoms with van der Waals surface area (Å²) >= 11 is 0. The lowest BCUT2D eigenvalue weighted by molar-refractivity contribution is 0.194. The van der Waals surface area contributed by atoms with Crippen LogP contribution in [0, 0.1) is 24.7 Å². The number of aryl methyl sites for hydroxylation is 2. The van der Waals surface area contributed by atoms with Gasteiger partial charge in [0.2, 0.25) is 5.90 Å². The van der Waals surface area contributed by atoms with Crippen molar-refractivity contribution < 1.29 is 9.47 Å². The van der Waals surface area contributed by atoms with Crippen LogP contribution in [-0.4, -0.2) is 62.1 Å². The first-order valence-corrected chi connectivity index (χ1v) is 7.36. The molecule has 1 fully saturated rings. The van der Waals surface area contributed by atoms with E-state index in [1.54, 1.807) is 13.2 Å². The molecule has 120 valence electrons. The Morgan fingerprint density at radius 1 is 1.05 bits per heavy atom. The van der Waals surface area contributed by atoms with E-state index in [4.69, 9.17) is 20.3 Å². The molecule has 1 aliphatic heterocycles. The highest BCUT2D eigenvalue weighted by molar-refractivity contribution is 6.00. The van der Waals surface area contributed by atoms with Crippen LogP contribution in [0.5, 0.6) is 5.75 Å². The normalized spacial score (nSPS) is 15.5. The van der Waals surface area contributed by atoms with Gasteiger partial charge < -0.3 is 19.3 Å². The molecule has 1 saturated heterocycles. The Morgan fingerprint density at radius 2 is 1.68 bits per heavy atom. The first kappa shape index (κ1) is 16.3. The zero-order valence-corrected chi connectivity index (χ0v) is 13.7. The van der Waals surface area contributed by atoms with Gasteiger partial charge in [0.05, 0.1) is 7.11 Å². The largest absolute Gasteiger partial charge is 0.496 e. The van der Waals surface area contributed by atoms with Gasteiger partial charge in [-0.05, 0) is 38.1 Å². The number of hydrogen-bond acceptors (Lipinski definition) is 5. The van der Waals surface area contributed by atoms with Crippen LogP contribution in [0.15, 0.2) is 12.1 Å². The molecular formula is C16H24N4O2. The maximum absolute atomic E-state index is 8.15. The minimum atomic E-state index is -0.0141. The van der Waals surface area contributed by atoms with E-state index in [1.165, 1.54) is 0 Å². The molecule has 6 nitrogen and oxygen atoms in total. The van der Waals surface area contributed by atoms with E-state index < -0.39 is 0 Å². The molecule has 1 aromatic carbocycles. The molecule has 2 rings (SSSR count). The molecule has 6 heteroatoms. The SMILES string of the molecule is COc1cc(C(=N)OC(=N)N2CCN(C)CC2)c(C)cc1C. The molecule has 0 radical (unpaired) electrons. The molecular weight excluding hydrogens is 280 g/mol. The Bertz CT molecular complexity index is 578. The average molecular weight is 304 g/mol. The molecule has 22 heavy (non-hydrogen) atoms. The number of amidine groups is 1. The van der Waals surface area contributed by atoms with Gasteiger partial charge in [0.25, 0.3) is 6.02 Å². The van der Waals surface area contributed by atoms with E-state index in [0.717, 1.165) is 43.1 Å². The lowest BCUT2D eigenvalue weighted by Gasteiger charge is -2.33. The lowest BCUT2D eigenvalue weighted by atomic mass is 10.0. The monoisotopic (exact) mass is 304 g/mol. The average Bonchev–Trinajstić information content (AvgIpc) is 2.47. The smallest absolute Gasteiger partial charge is 0.291 e. The van der Waals surface area contributed by atoms with Crippen LogP contribution in [0.1, 0.15) is 16.7 Å². The molecule has 0 saturated carbocycles. The highest BCUT2D eigenvalue weighted by Gasteiger charge is 2.20. The summed E-state index contributed by atoms with van der Waals surface area (Å²) in [4.78, 5) is 4.07. The predicted molar refractivity (Wildman–Crippen MR) is 87.2 cm³/mol. The number of ether oxygens (including phenoxy) is 2. The molecule has 0 aliphatic carbocycles. The molecule has 1 heterocycles. The second-order valence-electron chi connectivity index (χ2n) is 5.66. The van der Waals surface area contributed by atoms with Crippen molar-refractivity contribution in [3.8, 4) is 5.75 Å². The number of methoxy groups -OCH3 is 1. The van der Waals surface area contributed by atoms with Crippen LogP contribution in [0.3, 0.4) is 0 Å². The predicted octanol–water partition coefficient (Wildman–Crippen LogP) is 1.84. The quantitative estimate of drug-likeness (QED) is 0.646. The summed E-state index contributed by atoms with van der Waals surface area (Å²) in [7, 11) is 3.67. The zero-order chi connectivity index (χ0) is 16.3. The van der Waals surface area contributed by atoms with Crippen LogP contribution in [0.4, 0.5) is 0 Å². The summed E-state index contributed by atoms with van der Waals surface area (Å²) in [6, 6.07) is 3.80. The van der Waals surface area contributed by atoms with E-state index >= 15 is 0 Å².